The molecule has 1 aliphatic heterocycles. The van der Waals surface area contributed by atoms with Gasteiger partial charge >= 0.3 is 0 Å². The van der Waals surface area contributed by atoms with E-state index in [4.69, 9.17) is 4.74 Å². The van der Waals surface area contributed by atoms with Crippen molar-refractivity contribution in [1.82, 2.24) is 9.62 Å². The number of nitrogens with zero attached hydrogens (tertiary/aromatic N) is 1. The number of piperidine rings is 1. The molecule has 0 unspecified atom stereocenters. The Balaban J connectivity index is 1.43. The third-order valence-electron chi connectivity index (χ3n) is 5.01. The van der Waals surface area contributed by atoms with Gasteiger partial charge in [0.15, 0.2) is 0 Å². The van der Waals surface area contributed by atoms with Crippen LogP contribution in [0.3, 0.4) is 0 Å². The third kappa shape index (κ3) is 5.74. The SMILES string of the molecule is CSc1ccc(S(=O)(=O)N2CCC(C(=O)NCCOc3ccc(F)cc3)CC2)cc1. The second-order valence-electron chi connectivity index (χ2n) is 6.95. The number of sulfonamides is 1. The van der Waals surface area contributed by atoms with E-state index in [0.29, 0.717) is 38.2 Å². The van der Waals surface area contributed by atoms with Crippen molar-refractivity contribution in [1.29, 1.82) is 0 Å². The molecule has 0 bridgehead atoms. The van der Waals surface area contributed by atoms with Crippen molar-refractivity contribution >= 4 is 27.7 Å². The normalized spacial score (nSPS) is 15.7. The molecule has 0 spiro atoms. The Bertz CT molecular complexity index is 942. The van der Waals surface area contributed by atoms with Gasteiger partial charge in [-0.25, -0.2) is 12.8 Å². The molecule has 0 aromatic heterocycles. The molecule has 1 saturated heterocycles. The maximum absolute atomic E-state index is 12.9. The van der Waals surface area contributed by atoms with Crippen LogP contribution < -0.4 is 10.1 Å². The van der Waals surface area contributed by atoms with Gasteiger partial charge in [0, 0.05) is 23.9 Å². The fourth-order valence-electron chi connectivity index (χ4n) is 3.27. The number of rotatable bonds is 8. The van der Waals surface area contributed by atoms with Crippen LogP contribution in [0.1, 0.15) is 12.8 Å². The average molecular weight is 453 g/mol. The van der Waals surface area contributed by atoms with Gasteiger partial charge in [0.2, 0.25) is 15.9 Å². The lowest BCUT2D eigenvalue weighted by atomic mass is 9.97. The summed E-state index contributed by atoms with van der Waals surface area (Å²) in [7, 11) is -3.55. The quantitative estimate of drug-likeness (QED) is 0.492. The Morgan fingerprint density at radius 1 is 1.13 bits per heavy atom. The molecule has 1 amide bonds. The summed E-state index contributed by atoms with van der Waals surface area (Å²) in [5.41, 5.74) is 0. The van der Waals surface area contributed by atoms with Gasteiger partial charge in [-0.15, -0.1) is 11.8 Å². The lowest BCUT2D eigenvalue weighted by molar-refractivity contribution is -0.126. The standard InChI is InChI=1S/C21H25FN2O4S2/c1-29-19-6-8-20(9-7-19)30(26,27)24-13-10-16(11-14-24)21(25)23-12-15-28-18-4-2-17(22)3-5-18/h2-9,16H,10-15H2,1H3,(H,23,25). The van der Waals surface area contributed by atoms with Crippen LogP contribution in [0.5, 0.6) is 5.75 Å². The largest absolute Gasteiger partial charge is 0.492 e. The minimum atomic E-state index is -3.55. The summed E-state index contributed by atoms with van der Waals surface area (Å²) in [6.07, 6.45) is 2.90. The highest BCUT2D eigenvalue weighted by atomic mass is 32.2. The molecule has 6 nitrogen and oxygen atoms in total. The van der Waals surface area contributed by atoms with Crippen LogP contribution in [0.25, 0.3) is 0 Å². The predicted octanol–water partition coefficient (Wildman–Crippen LogP) is 3.14. The fourth-order valence-corrected chi connectivity index (χ4v) is 5.15. The number of ether oxygens (including phenoxy) is 1. The van der Waals surface area contributed by atoms with Gasteiger partial charge in [0.1, 0.15) is 18.2 Å². The molecule has 0 aliphatic carbocycles. The third-order valence-corrected chi connectivity index (χ3v) is 7.66. The minimum absolute atomic E-state index is 0.0981. The Labute approximate surface area is 180 Å². The average Bonchev–Trinajstić information content (AvgIpc) is 2.78. The highest BCUT2D eigenvalue weighted by Crippen LogP contribution is 2.25. The van der Waals surface area contributed by atoms with Gasteiger partial charge < -0.3 is 10.1 Å². The Kier molecular flexibility index (Phi) is 7.74. The summed E-state index contributed by atoms with van der Waals surface area (Å²) in [6.45, 7) is 1.24. The predicted molar refractivity (Wildman–Crippen MR) is 115 cm³/mol. The first-order valence-electron chi connectivity index (χ1n) is 9.70. The maximum atomic E-state index is 12.9. The molecule has 0 saturated carbocycles. The van der Waals surface area contributed by atoms with Gasteiger partial charge in [-0.3, -0.25) is 4.79 Å². The monoisotopic (exact) mass is 452 g/mol. The number of hydrogen-bond donors (Lipinski definition) is 1. The van der Waals surface area contributed by atoms with Gasteiger partial charge in [0.25, 0.3) is 0 Å². The summed E-state index contributed by atoms with van der Waals surface area (Å²) >= 11 is 1.56. The van der Waals surface area contributed by atoms with E-state index in [0.717, 1.165) is 4.90 Å². The van der Waals surface area contributed by atoms with Crippen LogP contribution in [0, 0.1) is 11.7 Å². The minimum Gasteiger partial charge on any atom is -0.492 e. The molecule has 30 heavy (non-hydrogen) atoms. The van der Waals surface area contributed by atoms with Crippen molar-refractivity contribution in [2.24, 2.45) is 5.92 Å². The number of benzene rings is 2. The summed E-state index contributed by atoms with van der Waals surface area (Å²) in [6, 6.07) is 12.5. The number of thioether (sulfide) groups is 1. The van der Waals surface area contributed by atoms with Gasteiger partial charge in [-0.1, -0.05) is 0 Å². The smallest absolute Gasteiger partial charge is 0.243 e. The summed E-state index contributed by atoms with van der Waals surface area (Å²) < 4.78 is 45.4. The maximum Gasteiger partial charge on any atom is 0.243 e. The number of hydrogen-bond acceptors (Lipinski definition) is 5. The second-order valence-corrected chi connectivity index (χ2v) is 9.76. The van der Waals surface area contributed by atoms with E-state index in [2.05, 4.69) is 5.32 Å². The van der Waals surface area contributed by atoms with E-state index < -0.39 is 10.0 Å². The molecule has 0 radical (unpaired) electrons. The van der Waals surface area contributed by atoms with Crippen LogP contribution >= 0.6 is 11.8 Å². The zero-order valence-electron chi connectivity index (χ0n) is 16.7. The Morgan fingerprint density at radius 3 is 2.37 bits per heavy atom. The van der Waals surface area contributed by atoms with Crippen LogP contribution in [0.4, 0.5) is 4.39 Å². The van der Waals surface area contributed by atoms with Gasteiger partial charge in [0.05, 0.1) is 11.4 Å². The highest BCUT2D eigenvalue weighted by Gasteiger charge is 2.31. The molecular weight excluding hydrogens is 427 g/mol. The number of carbonyl (C=O) groups is 1. The first kappa shape index (κ1) is 22.6. The Hall–Kier alpha value is -2.10. The first-order valence-corrected chi connectivity index (χ1v) is 12.4. The molecule has 1 aliphatic rings. The fraction of sp³-hybridized carbons (Fsp3) is 0.381. The number of carbonyl (C=O) groups excluding carboxylic acids is 1. The molecule has 2 aromatic carbocycles. The zero-order chi connectivity index (χ0) is 21.6. The van der Waals surface area contributed by atoms with Crippen molar-refractivity contribution in [3.63, 3.8) is 0 Å². The van der Waals surface area contributed by atoms with E-state index in [-0.39, 0.29) is 29.1 Å². The molecular formula is C21H25FN2O4S2. The van der Waals surface area contributed by atoms with Crippen LogP contribution in [0.15, 0.2) is 58.3 Å². The molecule has 162 valence electrons. The molecule has 1 fully saturated rings. The van der Waals surface area contributed by atoms with E-state index in [9.17, 15) is 17.6 Å². The van der Waals surface area contributed by atoms with Crippen LogP contribution in [-0.4, -0.2) is 51.1 Å². The van der Waals surface area contributed by atoms with Crippen molar-refractivity contribution < 1.29 is 22.3 Å². The number of halogens is 1. The molecule has 1 heterocycles. The Morgan fingerprint density at radius 2 is 1.77 bits per heavy atom. The van der Waals surface area contributed by atoms with Crippen molar-refractivity contribution in [3.05, 3.63) is 54.3 Å². The zero-order valence-corrected chi connectivity index (χ0v) is 18.3. The lowest BCUT2D eigenvalue weighted by Gasteiger charge is -2.30. The van der Waals surface area contributed by atoms with E-state index in [1.54, 1.807) is 36.0 Å². The summed E-state index contributed by atoms with van der Waals surface area (Å²) in [4.78, 5) is 13.7. The van der Waals surface area contributed by atoms with Crippen LogP contribution in [-0.2, 0) is 14.8 Å². The summed E-state index contributed by atoms with van der Waals surface area (Å²) in [5.74, 6) is -0.115. The molecule has 2 aromatic rings. The van der Waals surface area contributed by atoms with E-state index in [1.165, 1.54) is 28.6 Å². The van der Waals surface area contributed by atoms with Crippen molar-refractivity contribution in [2.45, 2.75) is 22.6 Å². The van der Waals surface area contributed by atoms with E-state index >= 15 is 0 Å². The first-order chi connectivity index (χ1) is 14.4. The van der Waals surface area contributed by atoms with Crippen molar-refractivity contribution in [2.75, 3.05) is 32.5 Å². The number of nitrogens with one attached hydrogen (secondary N) is 1. The molecule has 3 rings (SSSR count). The topological polar surface area (TPSA) is 75.7 Å². The molecule has 1 N–H and O–H groups in total. The lowest BCUT2D eigenvalue weighted by Crippen LogP contribution is -2.43. The molecule has 0 atom stereocenters. The highest BCUT2D eigenvalue weighted by molar-refractivity contribution is 7.98. The van der Waals surface area contributed by atoms with E-state index in [1.807, 2.05) is 6.26 Å². The summed E-state index contributed by atoms with van der Waals surface area (Å²) in [5, 5.41) is 2.82. The van der Waals surface area contributed by atoms with Gasteiger partial charge in [-0.05, 0) is 67.6 Å². The van der Waals surface area contributed by atoms with Gasteiger partial charge in [-0.2, -0.15) is 4.31 Å². The van der Waals surface area contributed by atoms with Crippen molar-refractivity contribution in [3.8, 4) is 5.75 Å². The van der Waals surface area contributed by atoms with Crippen LogP contribution in [0.2, 0.25) is 0 Å². The molecule has 9 heteroatoms. The number of amides is 1. The second kappa shape index (κ2) is 10.3.